The largest absolute Gasteiger partial charge is 0.446 e. The van der Waals surface area contributed by atoms with Crippen molar-refractivity contribution in [3.63, 3.8) is 0 Å². The molecular weight excluding hydrogens is 281 g/mol. The van der Waals surface area contributed by atoms with Gasteiger partial charge in [-0.05, 0) is 23.9 Å². The summed E-state index contributed by atoms with van der Waals surface area (Å²) in [5.41, 5.74) is -4.29. The number of hydrogen-bond acceptors (Lipinski definition) is 3. The zero-order chi connectivity index (χ0) is 14.3. The highest BCUT2D eigenvalue weighted by Crippen LogP contribution is 2.40. The van der Waals surface area contributed by atoms with Crippen molar-refractivity contribution < 1.29 is 22.7 Å². The van der Waals surface area contributed by atoms with Crippen LogP contribution in [0.2, 0.25) is 0 Å². The average molecular weight is 294 g/mol. The maximum Gasteiger partial charge on any atom is 0.446 e. The van der Waals surface area contributed by atoms with Crippen LogP contribution in [0.4, 0.5) is 23.7 Å². The smallest absolute Gasteiger partial charge is 0.383 e. The van der Waals surface area contributed by atoms with E-state index in [1.54, 1.807) is 6.07 Å². The number of carbonyl (C=O) groups excluding carboxylic acids is 1. The molecule has 0 aromatic heterocycles. The van der Waals surface area contributed by atoms with Crippen LogP contribution in [-0.2, 0) is 4.74 Å². The molecular formula is C11H13F3N2O2S. The quantitative estimate of drug-likeness (QED) is 0.648. The summed E-state index contributed by atoms with van der Waals surface area (Å²) < 4.78 is 41.7. The molecule has 0 bridgehead atoms. The molecule has 0 saturated heterocycles. The molecule has 0 unspecified atom stereocenters. The molecule has 0 heterocycles. The molecule has 0 aliphatic rings. The average Bonchev–Trinajstić information content (AvgIpc) is 2.30. The highest BCUT2D eigenvalue weighted by molar-refractivity contribution is 8.00. The Kier molecular flexibility index (Phi) is 5.97. The number of thioether (sulfide) groups is 1. The monoisotopic (exact) mass is 294 g/mol. The van der Waals surface area contributed by atoms with E-state index in [-0.39, 0.29) is 28.9 Å². The summed E-state index contributed by atoms with van der Waals surface area (Å²) in [6, 6.07) is 5.15. The fourth-order valence-electron chi connectivity index (χ4n) is 1.22. The summed E-state index contributed by atoms with van der Waals surface area (Å²) in [7, 11) is 1.48. The fraction of sp³-hybridized carbons (Fsp3) is 0.364. The predicted octanol–water partition coefficient (Wildman–Crippen LogP) is 3.07. The van der Waals surface area contributed by atoms with Crippen molar-refractivity contribution in [3.05, 3.63) is 24.3 Å². The second-order valence-corrected chi connectivity index (χ2v) is 4.52. The second kappa shape index (κ2) is 7.25. The Labute approximate surface area is 112 Å². The van der Waals surface area contributed by atoms with Crippen LogP contribution >= 0.6 is 11.8 Å². The van der Waals surface area contributed by atoms with E-state index in [0.717, 1.165) is 0 Å². The first-order valence-corrected chi connectivity index (χ1v) is 6.12. The first-order chi connectivity index (χ1) is 8.92. The lowest BCUT2D eigenvalue weighted by Gasteiger charge is -2.12. The van der Waals surface area contributed by atoms with Crippen LogP contribution in [-0.4, -0.2) is 31.8 Å². The van der Waals surface area contributed by atoms with Gasteiger partial charge in [0, 0.05) is 18.6 Å². The Balaban J connectivity index is 2.64. The zero-order valence-corrected chi connectivity index (χ0v) is 10.9. The van der Waals surface area contributed by atoms with Crippen molar-refractivity contribution in [3.8, 4) is 0 Å². The second-order valence-electron chi connectivity index (χ2n) is 3.42. The highest BCUT2D eigenvalue weighted by atomic mass is 32.2. The third-order valence-corrected chi connectivity index (χ3v) is 2.76. The van der Waals surface area contributed by atoms with Gasteiger partial charge in [-0.1, -0.05) is 12.1 Å². The lowest BCUT2D eigenvalue weighted by molar-refractivity contribution is -0.0328. The summed E-state index contributed by atoms with van der Waals surface area (Å²) in [5, 5.41) is 4.82. The van der Waals surface area contributed by atoms with Crippen LogP contribution < -0.4 is 10.6 Å². The molecule has 106 valence electrons. The van der Waals surface area contributed by atoms with Crippen LogP contribution in [0.15, 0.2) is 29.2 Å². The summed E-state index contributed by atoms with van der Waals surface area (Å²) in [6.45, 7) is 0.600. The first kappa shape index (κ1) is 15.6. The predicted molar refractivity (Wildman–Crippen MR) is 67.3 cm³/mol. The van der Waals surface area contributed by atoms with Crippen molar-refractivity contribution in [2.75, 3.05) is 25.6 Å². The van der Waals surface area contributed by atoms with Crippen LogP contribution in [0.3, 0.4) is 0 Å². The number of para-hydroxylation sites is 1. The maximum atomic E-state index is 12.3. The van der Waals surface area contributed by atoms with E-state index in [9.17, 15) is 18.0 Å². The Morgan fingerprint density at radius 1 is 1.37 bits per heavy atom. The maximum absolute atomic E-state index is 12.3. The number of ether oxygens (including phenoxy) is 1. The number of alkyl halides is 3. The number of anilines is 1. The van der Waals surface area contributed by atoms with Crippen LogP contribution in [0, 0.1) is 0 Å². The van der Waals surface area contributed by atoms with E-state index in [2.05, 4.69) is 10.6 Å². The molecule has 0 saturated carbocycles. The van der Waals surface area contributed by atoms with E-state index in [1.165, 1.54) is 25.3 Å². The molecule has 0 aliphatic carbocycles. The molecule has 2 N–H and O–H groups in total. The van der Waals surface area contributed by atoms with Gasteiger partial charge in [-0.2, -0.15) is 13.2 Å². The van der Waals surface area contributed by atoms with E-state index in [0.29, 0.717) is 6.61 Å². The van der Waals surface area contributed by atoms with E-state index >= 15 is 0 Å². The zero-order valence-electron chi connectivity index (χ0n) is 10.1. The number of urea groups is 1. The fourth-order valence-corrected chi connectivity index (χ4v) is 1.84. The normalized spacial score (nSPS) is 11.2. The molecule has 0 fully saturated rings. The minimum Gasteiger partial charge on any atom is -0.383 e. The number of benzene rings is 1. The molecule has 1 aromatic rings. The van der Waals surface area contributed by atoms with Gasteiger partial charge < -0.3 is 15.4 Å². The number of methoxy groups -OCH3 is 1. The lowest BCUT2D eigenvalue weighted by atomic mass is 10.3. The molecule has 19 heavy (non-hydrogen) atoms. The summed E-state index contributed by atoms with van der Waals surface area (Å²) in [4.78, 5) is 11.4. The molecule has 0 aliphatic heterocycles. The third kappa shape index (κ3) is 6.35. The van der Waals surface area contributed by atoms with Gasteiger partial charge in [-0.3, -0.25) is 0 Å². The van der Waals surface area contributed by atoms with E-state index < -0.39 is 11.5 Å². The molecule has 0 spiro atoms. The Bertz CT molecular complexity index is 427. The van der Waals surface area contributed by atoms with Crippen molar-refractivity contribution in [1.29, 1.82) is 0 Å². The van der Waals surface area contributed by atoms with Gasteiger partial charge in [-0.25, -0.2) is 4.79 Å². The Morgan fingerprint density at radius 2 is 2.05 bits per heavy atom. The first-order valence-electron chi connectivity index (χ1n) is 5.31. The van der Waals surface area contributed by atoms with Crippen molar-refractivity contribution in [2.24, 2.45) is 0 Å². The summed E-state index contributed by atoms with van der Waals surface area (Å²) in [5.74, 6) is 0. The van der Waals surface area contributed by atoms with Crippen molar-refractivity contribution >= 4 is 23.5 Å². The summed E-state index contributed by atoms with van der Waals surface area (Å²) in [6.07, 6.45) is 0. The van der Waals surface area contributed by atoms with Gasteiger partial charge in [0.05, 0.1) is 12.3 Å². The molecule has 0 atom stereocenters. The van der Waals surface area contributed by atoms with Gasteiger partial charge in [0.25, 0.3) is 0 Å². The Hall–Kier alpha value is -1.41. The van der Waals surface area contributed by atoms with E-state index in [1.807, 2.05) is 0 Å². The highest BCUT2D eigenvalue weighted by Gasteiger charge is 2.30. The molecule has 8 heteroatoms. The minimum absolute atomic E-state index is 0.0584. The number of halogens is 3. The SMILES string of the molecule is COCCNC(=O)Nc1ccccc1SC(F)(F)F. The van der Waals surface area contributed by atoms with Gasteiger partial charge in [0.1, 0.15) is 0 Å². The van der Waals surface area contributed by atoms with Crippen molar-refractivity contribution in [1.82, 2.24) is 5.32 Å². The number of nitrogens with one attached hydrogen (secondary N) is 2. The van der Waals surface area contributed by atoms with Crippen LogP contribution in [0.1, 0.15) is 0 Å². The Morgan fingerprint density at radius 3 is 2.68 bits per heavy atom. The number of carbonyl (C=O) groups is 1. The number of rotatable bonds is 5. The molecule has 2 amide bonds. The van der Waals surface area contributed by atoms with Crippen LogP contribution in [0.25, 0.3) is 0 Å². The van der Waals surface area contributed by atoms with Gasteiger partial charge in [0.2, 0.25) is 0 Å². The molecule has 0 radical (unpaired) electrons. The van der Waals surface area contributed by atoms with Crippen LogP contribution in [0.5, 0.6) is 0 Å². The summed E-state index contributed by atoms with van der Waals surface area (Å²) >= 11 is -0.269. The standard InChI is InChI=1S/C11H13F3N2O2S/c1-18-7-6-15-10(17)16-8-4-2-3-5-9(8)19-11(12,13)14/h2-5H,6-7H2,1H3,(H2,15,16,17). The lowest BCUT2D eigenvalue weighted by Crippen LogP contribution is -2.31. The van der Waals surface area contributed by atoms with Crippen molar-refractivity contribution in [2.45, 2.75) is 10.4 Å². The van der Waals surface area contributed by atoms with Gasteiger partial charge >= 0.3 is 11.5 Å². The van der Waals surface area contributed by atoms with Gasteiger partial charge in [-0.15, -0.1) is 0 Å². The molecule has 1 rings (SSSR count). The minimum atomic E-state index is -4.40. The molecule has 1 aromatic carbocycles. The molecule has 4 nitrogen and oxygen atoms in total. The number of hydrogen-bond donors (Lipinski definition) is 2. The third-order valence-electron chi connectivity index (χ3n) is 1.95. The number of amides is 2. The van der Waals surface area contributed by atoms with E-state index in [4.69, 9.17) is 4.74 Å². The van der Waals surface area contributed by atoms with Gasteiger partial charge in [0.15, 0.2) is 0 Å². The topological polar surface area (TPSA) is 50.4 Å².